The van der Waals surface area contributed by atoms with Crippen LogP contribution in [0.2, 0.25) is 0 Å². The molecule has 1 N–H and O–H groups in total. The molecule has 0 radical (unpaired) electrons. The Hall–Kier alpha value is -5.00. The highest BCUT2D eigenvalue weighted by Gasteiger charge is 2.26. The van der Waals surface area contributed by atoms with Gasteiger partial charge in [0.1, 0.15) is 18.2 Å². The van der Waals surface area contributed by atoms with Gasteiger partial charge in [0.2, 0.25) is 5.88 Å². The fourth-order valence-electron chi connectivity index (χ4n) is 6.21. The van der Waals surface area contributed by atoms with Crippen molar-refractivity contribution >= 4 is 22.8 Å². The summed E-state index contributed by atoms with van der Waals surface area (Å²) in [7, 11) is 0. The van der Waals surface area contributed by atoms with E-state index in [1.54, 1.807) is 54.7 Å². The first-order valence-corrected chi connectivity index (χ1v) is 15.8. The Balaban J connectivity index is 0.972. The lowest BCUT2D eigenvalue weighted by atomic mass is 9.93. The summed E-state index contributed by atoms with van der Waals surface area (Å²) in [6.07, 6.45) is 5.96. The average Bonchev–Trinajstić information content (AvgIpc) is 3.42. The number of nitrogens with zero attached hydrogens (tertiary/aromatic N) is 5. The Morgan fingerprint density at radius 2 is 1.79 bits per heavy atom. The topological polar surface area (TPSA) is 120 Å². The summed E-state index contributed by atoms with van der Waals surface area (Å²) in [5, 5.41) is 9.53. The normalized spacial score (nSPS) is 17.0. The third-order valence-corrected chi connectivity index (χ3v) is 8.98. The third kappa shape index (κ3) is 6.77. The Labute approximate surface area is 270 Å². The van der Waals surface area contributed by atoms with Crippen LogP contribution in [0, 0.1) is 5.82 Å². The van der Waals surface area contributed by atoms with E-state index >= 15 is 0 Å². The van der Waals surface area contributed by atoms with E-state index in [1.807, 2.05) is 12.1 Å². The monoisotopic (exact) mass is 635 g/mol. The number of pyridine rings is 2. The molecule has 0 saturated carbocycles. The van der Waals surface area contributed by atoms with Crippen molar-refractivity contribution in [3.63, 3.8) is 0 Å². The fraction of sp³-hybridized carbons (Fsp3) is 0.306. The minimum Gasteiger partial charge on any atom is -0.478 e. The van der Waals surface area contributed by atoms with Crippen LogP contribution in [0.5, 0.6) is 5.88 Å². The molecule has 11 heteroatoms. The molecule has 2 saturated heterocycles. The van der Waals surface area contributed by atoms with Crippen molar-refractivity contribution in [2.75, 3.05) is 19.7 Å². The van der Waals surface area contributed by atoms with Gasteiger partial charge >= 0.3 is 5.97 Å². The summed E-state index contributed by atoms with van der Waals surface area (Å²) in [6.45, 7) is 3.76. The van der Waals surface area contributed by atoms with E-state index < -0.39 is 11.8 Å². The molecular weight excluding hydrogens is 601 g/mol. The molecule has 47 heavy (non-hydrogen) atoms. The predicted molar refractivity (Wildman–Crippen MR) is 171 cm³/mol. The van der Waals surface area contributed by atoms with Gasteiger partial charge in [-0.3, -0.25) is 14.7 Å². The average molecular weight is 636 g/mol. The Kier molecular flexibility index (Phi) is 8.73. The van der Waals surface area contributed by atoms with Crippen molar-refractivity contribution in [1.82, 2.24) is 24.4 Å². The second kappa shape index (κ2) is 13.4. The van der Waals surface area contributed by atoms with E-state index in [-0.39, 0.29) is 35.5 Å². The van der Waals surface area contributed by atoms with Crippen LogP contribution >= 0.6 is 0 Å². The molecule has 240 valence electrons. The summed E-state index contributed by atoms with van der Waals surface area (Å²) in [4.78, 5) is 40.2. The molecule has 2 fully saturated rings. The number of ether oxygens (including phenoxy) is 2. The van der Waals surface area contributed by atoms with Crippen molar-refractivity contribution in [2.24, 2.45) is 0 Å². The van der Waals surface area contributed by atoms with Crippen molar-refractivity contribution < 1.29 is 28.6 Å². The van der Waals surface area contributed by atoms with E-state index in [9.17, 15) is 19.1 Å². The van der Waals surface area contributed by atoms with Crippen molar-refractivity contribution in [2.45, 2.75) is 51.0 Å². The number of aromatic nitrogens is 4. The van der Waals surface area contributed by atoms with Gasteiger partial charge in [-0.25, -0.2) is 19.2 Å². The fourth-order valence-corrected chi connectivity index (χ4v) is 6.21. The number of carbonyl (C=O) groups excluding carboxylic acids is 1. The Morgan fingerprint density at radius 1 is 0.957 bits per heavy atom. The van der Waals surface area contributed by atoms with Gasteiger partial charge in [-0.1, -0.05) is 18.2 Å². The molecule has 2 aliphatic rings. The molecular formula is C36H34FN5O5. The summed E-state index contributed by atoms with van der Waals surface area (Å²) in [6, 6.07) is 18.5. The van der Waals surface area contributed by atoms with E-state index in [1.165, 1.54) is 12.3 Å². The number of halogens is 1. The molecule has 0 spiro atoms. The van der Waals surface area contributed by atoms with Crippen LogP contribution in [0.25, 0.3) is 11.0 Å². The first-order valence-electron chi connectivity index (χ1n) is 15.8. The molecule has 3 aromatic heterocycles. The number of benzene rings is 2. The number of carboxylic acids is 1. The number of hydrogen-bond acceptors (Lipinski definition) is 8. The zero-order valence-electron chi connectivity index (χ0n) is 25.7. The van der Waals surface area contributed by atoms with Gasteiger partial charge in [-0.05, 0) is 74.8 Å². The molecule has 1 atom stereocenters. The van der Waals surface area contributed by atoms with Crippen LogP contribution < -0.4 is 4.74 Å². The number of hydrogen-bond donors (Lipinski definition) is 1. The highest BCUT2D eigenvalue weighted by atomic mass is 19.1. The molecule has 2 aliphatic heterocycles. The highest BCUT2D eigenvalue weighted by Crippen LogP contribution is 2.30. The quantitative estimate of drug-likeness (QED) is 0.184. The maximum atomic E-state index is 14.9. The third-order valence-electron chi connectivity index (χ3n) is 8.98. The smallest absolute Gasteiger partial charge is 0.335 e. The van der Waals surface area contributed by atoms with Gasteiger partial charge < -0.3 is 19.1 Å². The number of piperidine rings is 1. The molecule has 2 aromatic carbocycles. The molecule has 0 amide bonds. The summed E-state index contributed by atoms with van der Waals surface area (Å²) < 4.78 is 28.6. The van der Waals surface area contributed by atoms with Crippen LogP contribution in [-0.2, 0) is 24.4 Å². The zero-order valence-corrected chi connectivity index (χ0v) is 25.7. The molecule has 0 aliphatic carbocycles. The second-order valence-corrected chi connectivity index (χ2v) is 12.0. The van der Waals surface area contributed by atoms with E-state index in [0.717, 1.165) is 61.5 Å². The second-order valence-electron chi connectivity index (χ2n) is 12.0. The number of rotatable bonds is 11. The van der Waals surface area contributed by atoms with Gasteiger partial charge in [-0.2, -0.15) is 0 Å². The number of fused-ring (bicyclic) bond motifs is 1. The van der Waals surface area contributed by atoms with Crippen LogP contribution in [0.1, 0.15) is 68.5 Å². The molecule has 10 nitrogen and oxygen atoms in total. The maximum Gasteiger partial charge on any atom is 0.335 e. The zero-order chi connectivity index (χ0) is 32.3. The number of carboxylic acid groups (broad SMARTS) is 1. The number of carbonyl (C=O) groups is 2. The molecule has 5 aromatic rings. The molecule has 7 rings (SSSR count). The lowest BCUT2D eigenvalue weighted by Gasteiger charge is -2.32. The first-order chi connectivity index (χ1) is 22.9. The van der Waals surface area contributed by atoms with Gasteiger partial charge in [0.25, 0.3) is 0 Å². The molecule has 0 bridgehead atoms. The van der Waals surface area contributed by atoms with Crippen molar-refractivity contribution in [1.29, 1.82) is 0 Å². The maximum absolute atomic E-state index is 14.9. The van der Waals surface area contributed by atoms with Crippen LogP contribution in [-0.4, -0.2) is 67.1 Å². The molecule has 5 heterocycles. The number of aromatic carboxylic acids is 1. The van der Waals surface area contributed by atoms with Crippen LogP contribution in [0.4, 0.5) is 4.39 Å². The van der Waals surface area contributed by atoms with E-state index in [2.05, 4.69) is 14.5 Å². The van der Waals surface area contributed by atoms with Crippen molar-refractivity contribution in [3.8, 4) is 5.88 Å². The van der Waals surface area contributed by atoms with Crippen molar-refractivity contribution in [3.05, 3.63) is 119 Å². The largest absolute Gasteiger partial charge is 0.478 e. The minimum absolute atomic E-state index is 0.0110. The summed E-state index contributed by atoms with van der Waals surface area (Å²) in [5.74, 6) is -0.174. The number of imidazole rings is 1. The number of ketones is 1. The Bertz CT molecular complexity index is 1920. The van der Waals surface area contributed by atoms with Crippen LogP contribution in [0.15, 0.2) is 79.1 Å². The highest BCUT2D eigenvalue weighted by molar-refractivity contribution is 6.08. The van der Waals surface area contributed by atoms with Gasteiger partial charge in [0.05, 0.1) is 35.8 Å². The summed E-state index contributed by atoms with van der Waals surface area (Å²) in [5.41, 5.74) is 3.78. The van der Waals surface area contributed by atoms with E-state index in [0.29, 0.717) is 30.1 Å². The van der Waals surface area contributed by atoms with E-state index in [4.69, 9.17) is 19.4 Å². The lowest BCUT2D eigenvalue weighted by Crippen LogP contribution is -2.35. The summed E-state index contributed by atoms with van der Waals surface area (Å²) >= 11 is 0. The lowest BCUT2D eigenvalue weighted by molar-refractivity contribution is -0.0592. The Morgan fingerprint density at radius 3 is 2.51 bits per heavy atom. The molecule has 1 unspecified atom stereocenters. The standard InChI is InChI=1S/C36H34FN5O5/c37-29-17-24(35(43)26-3-2-13-38-19-26)6-7-27(29)22-47-34-5-1-4-30(40-34)23-10-14-41(15-11-23)21-33-39-31-9-8-25(36(44)45)18-32(31)42(33)20-28-12-16-46-28/h1-9,13,17-19,23,28H,10-12,14-16,20-22H2,(H,44,45). The minimum atomic E-state index is -0.956. The number of likely N-dealkylation sites (tertiary alicyclic amines) is 1. The van der Waals surface area contributed by atoms with Gasteiger partial charge in [0.15, 0.2) is 5.78 Å². The predicted octanol–water partition coefficient (Wildman–Crippen LogP) is 5.64. The van der Waals surface area contributed by atoms with Gasteiger partial charge in [-0.15, -0.1) is 0 Å². The van der Waals surface area contributed by atoms with Crippen LogP contribution in [0.3, 0.4) is 0 Å². The van der Waals surface area contributed by atoms with Gasteiger partial charge in [0, 0.05) is 53.4 Å². The first kappa shape index (κ1) is 30.6. The SMILES string of the molecule is O=C(O)c1ccc2nc(CN3CCC(c4cccc(OCc5ccc(C(=O)c6cccnc6)cc5F)n4)CC3)n(CC3CCO3)c2c1.